The maximum atomic E-state index is 11.3. The largest absolute Gasteiger partial charge is 0.478 e. The molecule has 0 radical (unpaired) electrons. The molecule has 1 N–H and O–H groups in total. The Morgan fingerprint density at radius 3 is 2.74 bits per heavy atom. The second-order valence-corrected chi connectivity index (χ2v) is 5.58. The molecule has 0 unspecified atom stereocenters. The summed E-state index contributed by atoms with van der Waals surface area (Å²) < 4.78 is 1.99. The Labute approximate surface area is 132 Å². The zero-order valence-electron chi connectivity index (χ0n) is 12.5. The van der Waals surface area contributed by atoms with Crippen LogP contribution >= 0.6 is 0 Å². The summed E-state index contributed by atoms with van der Waals surface area (Å²) in [5.41, 5.74) is 3.98. The van der Waals surface area contributed by atoms with E-state index in [4.69, 9.17) is 4.98 Å². The third kappa shape index (κ3) is 2.16. The summed E-state index contributed by atoms with van der Waals surface area (Å²) in [6, 6.07) is 17.1. The maximum Gasteiger partial charge on any atom is 0.335 e. The average Bonchev–Trinajstić information content (AvgIpc) is 2.91. The Bertz CT molecular complexity index is 1060. The second-order valence-electron chi connectivity index (χ2n) is 5.58. The minimum Gasteiger partial charge on any atom is -0.478 e. The molecule has 0 bridgehead atoms. The van der Waals surface area contributed by atoms with E-state index in [1.807, 2.05) is 60.3 Å². The lowest BCUT2D eigenvalue weighted by Gasteiger charge is -2.03. The molecule has 4 nitrogen and oxygen atoms in total. The molecule has 4 heteroatoms. The number of aromatic carboxylic acids is 1. The normalized spacial score (nSPS) is 11.2. The third-order valence-electron chi connectivity index (χ3n) is 4.11. The number of fused-ring (bicyclic) bond motifs is 2. The summed E-state index contributed by atoms with van der Waals surface area (Å²) in [6.45, 7) is 0. The molecule has 4 rings (SSSR count). The summed E-state index contributed by atoms with van der Waals surface area (Å²) in [5.74, 6) is -0.923. The Kier molecular flexibility index (Phi) is 2.91. The van der Waals surface area contributed by atoms with Crippen LogP contribution in [0.25, 0.3) is 33.1 Å². The van der Waals surface area contributed by atoms with Crippen LogP contribution in [0, 0.1) is 0 Å². The Balaban J connectivity index is 1.99. The van der Waals surface area contributed by atoms with E-state index in [9.17, 15) is 9.90 Å². The van der Waals surface area contributed by atoms with Gasteiger partial charge in [0.25, 0.3) is 0 Å². The number of rotatable bonds is 2. The number of hydrogen-bond donors (Lipinski definition) is 1. The first-order valence-corrected chi connectivity index (χ1v) is 7.32. The molecule has 2 aromatic heterocycles. The molecule has 2 heterocycles. The fraction of sp³-hybridized carbons (Fsp3) is 0.0526. The fourth-order valence-electron chi connectivity index (χ4n) is 2.95. The number of pyridine rings is 1. The summed E-state index contributed by atoms with van der Waals surface area (Å²) in [7, 11) is 1.95. The number of aryl methyl sites for hydroxylation is 1. The van der Waals surface area contributed by atoms with Gasteiger partial charge in [-0.2, -0.15) is 0 Å². The molecule has 0 saturated carbocycles. The number of aromatic nitrogens is 2. The van der Waals surface area contributed by atoms with Crippen LogP contribution in [-0.4, -0.2) is 20.6 Å². The lowest BCUT2D eigenvalue weighted by Crippen LogP contribution is -1.95. The predicted octanol–water partition coefficient (Wildman–Crippen LogP) is 4.09. The van der Waals surface area contributed by atoms with Crippen molar-refractivity contribution in [3.05, 3.63) is 66.4 Å². The van der Waals surface area contributed by atoms with Gasteiger partial charge in [0.15, 0.2) is 0 Å². The second kappa shape index (κ2) is 4.95. The van der Waals surface area contributed by atoms with Crippen LogP contribution in [0.15, 0.2) is 60.8 Å². The van der Waals surface area contributed by atoms with Crippen LogP contribution < -0.4 is 0 Å². The molecule has 2 aromatic carbocycles. The van der Waals surface area contributed by atoms with Crippen LogP contribution in [0.5, 0.6) is 0 Å². The van der Waals surface area contributed by atoms with E-state index in [1.165, 1.54) is 0 Å². The maximum absolute atomic E-state index is 11.3. The van der Waals surface area contributed by atoms with Crippen molar-refractivity contribution < 1.29 is 9.90 Å². The summed E-state index contributed by atoms with van der Waals surface area (Å²) in [6.07, 6.45) is 1.99. The van der Waals surface area contributed by atoms with Gasteiger partial charge in [0.05, 0.1) is 16.8 Å². The molecule has 0 aliphatic heterocycles. The molecule has 0 atom stereocenters. The lowest BCUT2D eigenvalue weighted by molar-refractivity contribution is 0.0697. The monoisotopic (exact) mass is 302 g/mol. The van der Waals surface area contributed by atoms with Gasteiger partial charge in [-0.1, -0.05) is 24.3 Å². The highest BCUT2D eigenvalue weighted by molar-refractivity contribution is 6.00. The molecule has 23 heavy (non-hydrogen) atoms. The molecule has 0 aliphatic carbocycles. The lowest BCUT2D eigenvalue weighted by atomic mass is 10.1. The van der Waals surface area contributed by atoms with Crippen molar-refractivity contribution in [2.75, 3.05) is 0 Å². The van der Waals surface area contributed by atoms with E-state index in [0.717, 1.165) is 33.1 Å². The quantitative estimate of drug-likeness (QED) is 0.606. The zero-order chi connectivity index (χ0) is 16.0. The van der Waals surface area contributed by atoms with Gasteiger partial charge in [0.1, 0.15) is 0 Å². The van der Waals surface area contributed by atoms with Crippen molar-refractivity contribution in [2.45, 2.75) is 0 Å². The number of carboxylic acids is 1. The highest BCUT2D eigenvalue weighted by Gasteiger charge is 2.13. The van der Waals surface area contributed by atoms with E-state index >= 15 is 0 Å². The van der Waals surface area contributed by atoms with Gasteiger partial charge in [-0.3, -0.25) is 0 Å². The summed E-state index contributed by atoms with van der Waals surface area (Å²) >= 11 is 0. The van der Waals surface area contributed by atoms with Crippen LogP contribution in [0.3, 0.4) is 0 Å². The van der Waals surface area contributed by atoms with Gasteiger partial charge in [-0.15, -0.1) is 0 Å². The van der Waals surface area contributed by atoms with Crippen molar-refractivity contribution in [1.29, 1.82) is 0 Å². The molecule has 112 valence electrons. The molecule has 0 fully saturated rings. The van der Waals surface area contributed by atoms with Crippen molar-refractivity contribution in [3.63, 3.8) is 0 Å². The Hall–Kier alpha value is -3.14. The molecular formula is C19H14N2O2. The number of carbonyl (C=O) groups is 1. The van der Waals surface area contributed by atoms with Gasteiger partial charge in [0.2, 0.25) is 0 Å². The Morgan fingerprint density at radius 1 is 1.09 bits per heavy atom. The SMILES string of the molecule is Cn1cc(-c2ccc3ccccc3n2)c2cc(C(=O)O)ccc21. The van der Waals surface area contributed by atoms with Crippen LogP contribution in [0.2, 0.25) is 0 Å². The molecule has 0 aliphatic rings. The minimum atomic E-state index is -0.923. The van der Waals surface area contributed by atoms with Crippen LogP contribution in [0.1, 0.15) is 10.4 Å². The first-order valence-electron chi connectivity index (χ1n) is 7.32. The van der Waals surface area contributed by atoms with Gasteiger partial charge in [0, 0.05) is 35.1 Å². The van der Waals surface area contributed by atoms with Gasteiger partial charge < -0.3 is 9.67 Å². The highest BCUT2D eigenvalue weighted by Crippen LogP contribution is 2.31. The van der Waals surface area contributed by atoms with Crippen molar-refractivity contribution in [3.8, 4) is 11.3 Å². The van der Waals surface area contributed by atoms with Crippen molar-refractivity contribution in [1.82, 2.24) is 9.55 Å². The topological polar surface area (TPSA) is 55.1 Å². The van der Waals surface area contributed by atoms with E-state index in [0.29, 0.717) is 0 Å². The average molecular weight is 302 g/mol. The van der Waals surface area contributed by atoms with Gasteiger partial charge in [-0.25, -0.2) is 9.78 Å². The van der Waals surface area contributed by atoms with Gasteiger partial charge in [-0.05, 0) is 30.3 Å². The molecule has 4 aromatic rings. The van der Waals surface area contributed by atoms with Crippen LogP contribution in [0.4, 0.5) is 0 Å². The fourth-order valence-corrected chi connectivity index (χ4v) is 2.95. The van der Waals surface area contributed by atoms with Crippen molar-refractivity contribution >= 4 is 27.8 Å². The van der Waals surface area contributed by atoms with Crippen molar-refractivity contribution in [2.24, 2.45) is 7.05 Å². The van der Waals surface area contributed by atoms with E-state index in [-0.39, 0.29) is 5.56 Å². The predicted molar refractivity (Wildman–Crippen MR) is 90.6 cm³/mol. The highest BCUT2D eigenvalue weighted by atomic mass is 16.4. The first-order chi connectivity index (χ1) is 11.1. The zero-order valence-corrected chi connectivity index (χ0v) is 12.5. The number of carboxylic acid groups (broad SMARTS) is 1. The van der Waals surface area contributed by atoms with Crippen LogP contribution in [-0.2, 0) is 7.05 Å². The molecular weight excluding hydrogens is 288 g/mol. The Morgan fingerprint density at radius 2 is 1.91 bits per heavy atom. The van der Waals surface area contributed by atoms with E-state index in [2.05, 4.69) is 0 Å². The molecule has 0 spiro atoms. The molecule has 0 saturated heterocycles. The number of hydrogen-bond acceptors (Lipinski definition) is 2. The first kappa shape index (κ1) is 13.5. The van der Waals surface area contributed by atoms with E-state index < -0.39 is 5.97 Å². The van der Waals surface area contributed by atoms with Gasteiger partial charge >= 0.3 is 5.97 Å². The smallest absolute Gasteiger partial charge is 0.335 e. The minimum absolute atomic E-state index is 0.283. The standard InChI is InChI=1S/C19H14N2O2/c1-21-11-15(14-10-13(19(22)23)7-9-18(14)21)17-8-6-12-4-2-3-5-16(12)20-17/h2-11H,1H3,(H,22,23). The number of nitrogens with zero attached hydrogens (tertiary/aromatic N) is 2. The van der Waals surface area contributed by atoms with E-state index in [1.54, 1.807) is 12.1 Å². The summed E-state index contributed by atoms with van der Waals surface area (Å²) in [5, 5.41) is 11.2. The molecule has 0 amide bonds. The summed E-state index contributed by atoms with van der Waals surface area (Å²) in [4.78, 5) is 16.0. The number of benzene rings is 2. The third-order valence-corrected chi connectivity index (χ3v) is 4.11. The number of para-hydroxylation sites is 1.